The summed E-state index contributed by atoms with van der Waals surface area (Å²) in [5, 5.41) is 16.4. The largest absolute Gasteiger partial charge is 0.388 e. The van der Waals surface area contributed by atoms with Gasteiger partial charge in [0.15, 0.2) is 6.29 Å². The van der Waals surface area contributed by atoms with Crippen LogP contribution < -0.4 is 5.32 Å². The number of carbonyl (C=O) groups excluding carboxylic acids is 1. The van der Waals surface area contributed by atoms with Crippen molar-refractivity contribution in [3.8, 4) is 0 Å². The number of azide groups is 1. The van der Waals surface area contributed by atoms with E-state index in [-0.39, 0.29) is 6.54 Å². The summed E-state index contributed by atoms with van der Waals surface area (Å²) in [6.45, 7) is -0.277. The molecule has 1 saturated heterocycles. The van der Waals surface area contributed by atoms with E-state index in [0.717, 1.165) is 6.26 Å². The number of methoxy groups -OCH3 is 1. The van der Waals surface area contributed by atoms with Gasteiger partial charge >= 0.3 is 0 Å². The second kappa shape index (κ2) is 9.13. The molecule has 0 saturated carbocycles. The molecule has 11 nitrogen and oxygen atoms in total. The first-order valence-electron chi connectivity index (χ1n) is 7.88. The van der Waals surface area contributed by atoms with E-state index in [1.807, 2.05) is 0 Å². The van der Waals surface area contributed by atoms with Crippen molar-refractivity contribution in [2.24, 2.45) is 5.11 Å². The van der Waals surface area contributed by atoms with Crippen LogP contribution in [0.15, 0.2) is 35.4 Å². The van der Waals surface area contributed by atoms with Crippen molar-refractivity contribution in [2.45, 2.75) is 30.6 Å². The van der Waals surface area contributed by atoms with Gasteiger partial charge in [0, 0.05) is 17.6 Å². The van der Waals surface area contributed by atoms with E-state index in [0.29, 0.717) is 5.56 Å². The number of aliphatic hydroxyl groups excluding tert-OH is 1. The zero-order chi connectivity index (χ0) is 20.0. The summed E-state index contributed by atoms with van der Waals surface area (Å²) in [5.41, 5.74) is 8.78. The zero-order valence-corrected chi connectivity index (χ0v) is 15.4. The molecule has 0 aromatic heterocycles. The van der Waals surface area contributed by atoms with Gasteiger partial charge in [-0.25, -0.2) is 0 Å². The predicted molar refractivity (Wildman–Crippen MR) is 93.1 cm³/mol. The van der Waals surface area contributed by atoms with Gasteiger partial charge in [-0.3, -0.25) is 8.98 Å². The van der Waals surface area contributed by atoms with Gasteiger partial charge in [0.1, 0.15) is 18.2 Å². The van der Waals surface area contributed by atoms with Crippen LogP contribution in [-0.4, -0.2) is 70.0 Å². The lowest BCUT2D eigenvalue weighted by Gasteiger charge is -2.43. The minimum Gasteiger partial charge on any atom is -0.388 e. The van der Waals surface area contributed by atoms with E-state index in [9.17, 15) is 18.3 Å². The number of hydrogen-bond acceptors (Lipinski definition) is 8. The minimum absolute atomic E-state index is 0.277. The molecular weight excluding hydrogens is 380 g/mol. The van der Waals surface area contributed by atoms with Crippen LogP contribution in [0.3, 0.4) is 0 Å². The Balaban J connectivity index is 2.31. The third-order valence-corrected chi connectivity index (χ3v) is 4.42. The van der Waals surface area contributed by atoms with Gasteiger partial charge in [-0.05, 0) is 17.7 Å². The number of carbonyl (C=O) groups is 1. The molecule has 2 N–H and O–H groups in total. The minimum atomic E-state index is -3.99. The molecule has 1 amide bonds. The molecule has 2 rings (SSSR count). The molecule has 12 heteroatoms. The van der Waals surface area contributed by atoms with Crippen LogP contribution >= 0.6 is 0 Å². The Morgan fingerprint density at radius 3 is 2.63 bits per heavy atom. The van der Waals surface area contributed by atoms with Crippen molar-refractivity contribution in [1.82, 2.24) is 5.32 Å². The molecule has 1 fully saturated rings. The Labute approximate surface area is 156 Å². The fourth-order valence-corrected chi connectivity index (χ4v) is 3.32. The Kier molecular flexibility index (Phi) is 7.13. The van der Waals surface area contributed by atoms with Gasteiger partial charge in [-0.15, -0.1) is 0 Å². The first kappa shape index (κ1) is 21.1. The van der Waals surface area contributed by atoms with E-state index in [4.69, 9.17) is 19.2 Å². The maximum atomic E-state index is 12.5. The fraction of sp³-hybridized carbons (Fsp3) is 0.533. The van der Waals surface area contributed by atoms with Crippen LogP contribution in [-0.2, 0) is 23.8 Å². The summed E-state index contributed by atoms with van der Waals surface area (Å²) in [6, 6.07) is 7.04. The second-order valence-corrected chi connectivity index (χ2v) is 7.41. The van der Waals surface area contributed by atoms with E-state index >= 15 is 0 Å². The van der Waals surface area contributed by atoms with Crippen molar-refractivity contribution in [1.29, 1.82) is 0 Å². The molecule has 0 radical (unpaired) electrons. The summed E-state index contributed by atoms with van der Waals surface area (Å²) in [6.07, 6.45) is -4.33. The summed E-state index contributed by atoms with van der Waals surface area (Å²) in [7, 11) is -2.71. The highest BCUT2D eigenvalue weighted by molar-refractivity contribution is 7.86. The third kappa shape index (κ3) is 5.63. The Morgan fingerprint density at radius 2 is 2.07 bits per heavy atom. The Bertz CT molecular complexity index is 798. The molecular formula is C15H20N4O7S. The maximum Gasteiger partial charge on any atom is 0.264 e. The number of rotatable bonds is 7. The molecule has 0 aliphatic carbocycles. The van der Waals surface area contributed by atoms with Gasteiger partial charge in [-0.1, -0.05) is 23.3 Å². The highest BCUT2D eigenvalue weighted by Gasteiger charge is 2.48. The number of nitrogens with one attached hydrogen (secondary N) is 1. The van der Waals surface area contributed by atoms with Gasteiger partial charge in [-0.2, -0.15) is 8.42 Å². The Morgan fingerprint density at radius 1 is 1.41 bits per heavy atom. The van der Waals surface area contributed by atoms with Gasteiger partial charge in [0.2, 0.25) is 0 Å². The average molecular weight is 400 g/mol. The predicted octanol–water partition coefficient (Wildman–Crippen LogP) is 0.172. The number of nitrogens with zero attached hydrogens (tertiary/aromatic N) is 3. The molecule has 1 aromatic carbocycles. The number of amides is 1. The van der Waals surface area contributed by atoms with Crippen molar-refractivity contribution in [3.05, 3.63) is 46.3 Å². The molecule has 27 heavy (non-hydrogen) atoms. The van der Waals surface area contributed by atoms with Crippen LogP contribution in [0, 0.1) is 0 Å². The van der Waals surface area contributed by atoms with Crippen LogP contribution in [0.25, 0.3) is 10.4 Å². The summed E-state index contributed by atoms with van der Waals surface area (Å²) < 4.78 is 39.0. The maximum absolute atomic E-state index is 12.5. The van der Waals surface area contributed by atoms with Crippen molar-refractivity contribution in [2.75, 3.05) is 19.9 Å². The molecule has 0 spiro atoms. The molecule has 5 atom stereocenters. The quantitative estimate of drug-likeness (QED) is 0.285. The first-order chi connectivity index (χ1) is 12.8. The SMILES string of the molecule is CO[C@@H]1O[C@H](CN=[N+]=[N-])[C@H](O)[C@H](OS(C)(=O)=O)[C@@H]1NC(=O)c1ccccc1. The number of aliphatic hydroxyl groups is 1. The fourth-order valence-electron chi connectivity index (χ4n) is 2.68. The topological polar surface area (TPSA) is 160 Å². The van der Waals surface area contributed by atoms with Crippen molar-refractivity contribution >= 4 is 16.0 Å². The number of hydrogen-bond donors (Lipinski definition) is 2. The monoisotopic (exact) mass is 400 g/mol. The molecule has 1 aliphatic rings. The normalized spacial score (nSPS) is 28.2. The van der Waals surface area contributed by atoms with E-state index < -0.39 is 46.7 Å². The lowest BCUT2D eigenvalue weighted by Crippen LogP contribution is -2.65. The van der Waals surface area contributed by atoms with Crippen LogP contribution in [0.2, 0.25) is 0 Å². The van der Waals surface area contributed by atoms with Gasteiger partial charge < -0.3 is 19.9 Å². The molecule has 0 unspecified atom stereocenters. The van der Waals surface area contributed by atoms with Crippen molar-refractivity contribution in [3.63, 3.8) is 0 Å². The lowest BCUT2D eigenvalue weighted by atomic mass is 9.96. The van der Waals surface area contributed by atoms with E-state index in [1.54, 1.807) is 30.3 Å². The van der Waals surface area contributed by atoms with Gasteiger partial charge in [0.05, 0.1) is 18.9 Å². The highest BCUT2D eigenvalue weighted by atomic mass is 32.2. The van der Waals surface area contributed by atoms with Crippen LogP contribution in [0.5, 0.6) is 0 Å². The molecule has 1 aromatic rings. The summed E-state index contributed by atoms with van der Waals surface area (Å²) in [5.74, 6) is -0.533. The number of ether oxygens (including phenoxy) is 2. The molecule has 1 heterocycles. The highest BCUT2D eigenvalue weighted by Crippen LogP contribution is 2.26. The van der Waals surface area contributed by atoms with Crippen LogP contribution in [0.4, 0.5) is 0 Å². The molecule has 148 valence electrons. The second-order valence-electron chi connectivity index (χ2n) is 5.81. The van der Waals surface area contributed by atoms with Crippen molar-refractivity contribution < 1.29 is 32.0 Å². The van der Waals surface area contributed by atoms with E-state index in [1.165, 1.54) is 7.11 Å². The third-order valence-electron chi connectivity index (χ3n) is 3.85. The van der Waals surface area contributed by atoms with Gasteiger partial charge in [0.25, 0.3) is 16.0 Å². The first-order valence-corrected chi connectivity index (χ1v) is 9.70. The number of benzene rings is 1. The molecule has 1 aliphatic heterocycles. The average Bonchev–Trinajstić information content (AvgIpc) is 2.63. The standard InChI is InChI=1S/C15H20N4O7S/c1-24-15-11(18-14(21)9-6-4-3-5-7-9)13(26-27(2,22)23)12(20)10(25-15)8-17-19-16/h3-7,10-13,15,20H,8H2,1-2H3,(H,18,21)/t10-,11+,12+,13-,15-/m1/s1. The van der Waals surface area contributed by atoms with E-state index in [2.05, 4.69) is 15.3 Å². The Hall–Kier alpha value is -2.21. The zero-order valence-electron chi connectivity index (χ0n) is 14.6. The van der Waals surface area contributed by atoms with Crippen LogP contribution in [0.1, 0.15) is 10.4 Å². The lowest BCUT2D eigenvalue weighted by molar-refractivity contribution is -0.247. The smallest absolute Gasteiger partial charge is 0.264 e. The summed E-state index contributed by atoms with van der Waals surface area (Å²) >= 11 is 0. The summed E-state index contributed by atoms with van der Waals surface area (Å²) in [4.78, 5) is 15.1. The molecule has 0 bridgehead atoms.